The number of ether oxygens (including phenoxy) is 2. The van der Waals surface area contributed by atoms with E-state index in [2.05, 4.69) is 4.98 Å². The number of methoxy groups -OCH3 is 1. The van der Waals surface area contributed by atoms with Gasteiger partial charge in [0.15, 0.2) is 0 Å². The largest absolute Gasteiger partial charge is 0.497 e. The molecule has 0 aliphatic carbocycles. The molecule has 1 saturated heterocycles. The first-order chi connectivity index (χ1) is 11.3. The molecule has 2 aromatic rings. The molecule has 0 saturated carbocycles. The molecule has 0 N–H and O–H groups in total. The van der Waals surface area contributed by atoms with E-state index in [1.54, 1.807) is 19.5 Å². The zero-order valence-corrected chi connectivity index (χ0v) is 13.1. The van der Waals surface area contributed by atoms with Crippen LogP contribution in [0.5, 0.6) is 5.75 Å². The molecular weight excluding hydrogens is 292 g/mol. The average molecular weight is 312 g/mol. The Morgan fingerprint density at radius 3 is 2.96 bits per heavy atom. The first-order valence-electron chi connectivity index (χ1n) is 7.68. The minimum atomic E-state index is -0.0824. The molecule has 0 spiro atoms. The number of aromatic nitrogens is 1. The van der Waals surface area contributed by atoms with Crippen LogP contribution in [0, 0.1) is 0 Å². The molecular formula is C18H20N2O3. The summed E-state index contributed by atoms with van der Waals surface area (Å²) in [5, 5.41) is 0. The molecule has 0 radical (unpaired) electrons. The summed E-state index contributed by atoms with van der Waals surface area (Å²) in [5.74, 6) is 0.882. The van der Waals surface area contributed by atoms with E-state index in [0.29, 0.717) is 26.1 Å². The average Bonchev–Trinajstić information content (AvgIpc) is 2.63. The van der Waals surface area contributed by atoms with Gasteiger partial charge in [-0.15, -0.1) is 0 Å². The van der Waals surface area contributed by atoms with E-state index in [4.69, 9.17) is 9.47 Å². The third kappa shape index (κ3) is 3.87. The zero-order chi connectivity index (χ0) is 16.1. The van der Waals surface area contributed by atoms with Gasteiger partial charge in [-0.2, -0.15) is 0 Å². The maximum absolute atomic E-state index is 12.6. The van der Waals surface area contributed by atoms with Crippen LogP contribution in [0.4, 0.5) is 0 Å². The van der Waals surface area contributed by atoms with Gasteiger partial charge in [0.1, 0.15) is 11.9 Å². The second-order valence-corrected chi connectivity index (χ2v) is 5.51. The first kappa shape index (κ1) is 15.5. The highest BCUT2D eigenvalue weighted by Gasteiger charge is 2.25. The van der Waals surface area contributed by atoms with Crippen LogP contribution in [0.25, 0.3) is 0 Å². The van der Waals surface area contributed by atoms with Gasteiger partial charge in [0.25, 0.3) is 0 Å². The van der Waals surface area contributed by atoms with Crippen LogP contribution in [0.2, 0.25) is 0 Å². The number of morpholine rings is 1. The molecule has 5 heteroatoms. The topological polar surface area (TPSA) is 51.7 Å². The number of hydrogen-bond acceptors (Lipinski definition) is 4. The van der Waals surface area contributed by atoms with Crippen molar-refractivity contribution in [1.29, 1.82) is 0 Å². The third-order valence-electron chi connectivity index (χ3n) is 3.99. The van der Waals surface area contributed by atoms with Crippen LogP contribution in [0.3, 0.4) is 0 Å². The van der Waals surface area contributed by atoms with Gasteiger partial charge < -0.3 is 14.4 Å². The number of carbonyl (C=O) groups excluding carboxylic acids is 1. The van der Waals surface area contributed by atoms with Gasteiger partial charge in [-0.25, -0.2) is 0 Å². The molecule has 1 aromatic carbocycles. The fourth-order valence-electron chi connectivity index (χ4n) is 2.72. The molecule has 1 atom stereocenters. The molecule has 3 rings (SSSR count). The van der Waals surface area contributed by atoms with E-state index in [1.165, 1.54) is 0 Å². The van der Waals surface area contributed by atoms with Crippen molar-refractivity contribution in [3.63, 3.8) is 0 Å². The molecule has 1 amide bonds. The monoisotopic (exact) mass is 312 g/mol. The van der Waals surface area contributed by atoms with E-state index in [1.807, 2.05) is 41.3 Å². The SMILES string of the molecule is COc1cccc(CC(=O)N2CCOC(c3ccncc3)C2)c1. The summed E-state index contributed by atoms with van der Waals surface area (Å²) in [4.78, 5) is 18.4. The molecule has 0 bridgehead atoms. The Kier molecular flexibility index (Phi) is 4.88. The van der Waals surface area contributed by atoms with Crippen LogP contribution in [0.1, 0.15) is 17.2 Å². The molecule has 1 aliphatic heterocycles. The van der Waals surface area contributed by atoms with Crippen LogP contribution in [-0.2, 0) is 16.0 Å². The number of rotatable bonds is 4. The van der Waals surface area contributed by atoms with Crippen molar-refractivity contribution >= 4 is 5.91 Å². The van der Waals surface area contributed by atoms with Gasteiger partial charge in [-0.05, 0) is 35.4 Å². The summed E-state index contributed by atoms with van der Waals surface area (Å²) < 4.78 is 11.0. The molecule has 1 aliphatic rings. The number of benzene rings is 1. The Morgan fingerprint density at radius 2 is 2.17 bits per heavy atom. The predicted octanol–water partition coefficient (Wildman–Crippen LogP) is 2.23. The number of nitrogens with zero attached hydrogens (tertiary/aromatic N) is 2. The van der Waals surface area contributed by atoms with Crippen LogP contribution < -0.4 is 4.74 Å². The van der Waals surface area contributed by atoms with Crippen LogP contribution in [-0.4, -0.2) is 42.6 Å². The number of pyridine rings is 1. The lowest BCUT2D eigenvalue weighted by atomic mass is 10.1. The summed E-state index contributed by atoms with van der Waals surface area (Å²) in [6, 6.07) is 11.5. The molecule has 5 nitrogen and oxygen atoms in total. The standard InChI is InChI=1S/C18H20N2O3/c1-22-16-4-2-3-14(11-16)12-18(21)20-9-10-23-17(13-20)15-5-7-19-8-6-15/h2-8,11,17H,9-10,12-13H2,1H3. The van der Waals surface area contributed by atoms with Crippen LogP contribution in [0.15, 0.2) is 48.8 Å². The Hall–Kier alpha value is -2.40. The van der Waals surface area contributed by atoms with Crippen molar-refractivity contribution in [3.05, 3.63) is 59.9 Å². The molecule has 1 unspecified atom stereocenters. The highest BCUT2D eigenvalue weighted by Crippen LogP contribution is 2.22. The second-order valence-electron chi connectivity index (χ2n) is 5.51. The number of amides is 1. The van der Waals surface area contributed by atoms with Crippen LogP contribution >= 0.6 is 0 Å². The lowest BCUT2D eigenvalue weighted by molar-refractivity contribution is -0.138. The van der Waals surface area contributed by atoms with Gasteiger partial charge >= 0.3 is 0 Å². The summed E-state index contributed by atoms with van der Waals surface area (Å²) in [6.07, 6.45) is 3.78. The van der Waals surface area contributed by atoms with Crippen molar-refractivity contribution in [3.8, 4) is 5.75 Å². The van der Waals surface area contributed by atoms with Crippen molar-refractivity contribution in [2.75, 3.05) is 26.8 Å². The first-order valence-corrected chi connectivity index (χ1v) is 7.68. The molecule has 2 heterocycles. The molecule has 1 fully saturated rings. The van der Waals surface area contributed by atoms with Crippen molar-refractivity contribution < 1.29 is 14.3 Å². The lowest BCUT2D eigenvalue weighted by Crippen LogP contribution is -2.43. The summed E-state index contributed by atoms with van der Waals surface area (Å²) in [5.41, 5.74) is 2.01. The fourth-order valence-corrected chi connectivity index (χ4v) is 2.72. The summed E-state index contributed by atoms with van der Waals surface area (Å²) >= 11 is 0. The zero-order valence-electron chi connectivity index (χ0n) is 13.1. The number of hydrogen-bond donors (Lipinski definition) is 0. The highest BCUT2D eigenvalue weighted by molar-refractivity contribution is 5.79. The second kappa shape index (κ2) is 7.24. The Bertz CT molecular complexity index is 660. The maximum atomic E-state index is 12.6. The minimum Gasteiger partial charge on any atom is -0.497 e. The fraction of sp³-hybridized carbons (Fsp3) is 0.333. The molecule has 1 aromatic heterocycles. The van der Waals surface area contributed by atoms with E-state index in [0.717, 1.165) is 16.9 Å². The Labute approximate surface area is 135 Å². The molecule has 120 valence electrons. The Balaban J connectivity index is 1.65. The van der Waals surface area contributed by atoms with Crippen molar-refractivity contribution in [2.24, 2.45) is 0 Å². The van der Waals surface area contributed by atoms with E-state index >= 15 is 0 Å². The summed E-state index contributed by atoms with van der Waals surface area (Å²) in [7, 11) is 1.63. The van der Waals surface area contributed by atoms with E-state index in [-0.39, 0.29) is 12.0 Å². The van der Waals surface area contributed by atoms with E-state index in [9.17, 15) is 4.79 Å². The normalized spacial score (nSPS) is 17.8. The quantitative estimate of drug-likeness (QED) is 0.869. The maximum Gasteiger partial charge on any atom is 0.227 e. The number of carbonyl (C=O) groups is 1. The lowest BCUT2D eigenvalue weighted by Gasteiger charge is -2.33. The molecule has 23 heavy (non-hydrogen) atoms. The van der Waals surface area contributed by atoms with Gasteiger partial charge in [0, 0.05) is 18.9 Å². The predicted molar refractivity (Wildman–Crippen MR) is 86.2 cm³/mol. The highest BCUT2D eigenvalue weighted by atomic mass is 16.5. The van der Waals surface area contributed by atoms with E-state index < -0.39 is 0 Å². The van der Waals surface area contributed by atoms with Gasteiger partial charge in [0.2, 0.25) is 5.91 Å². The van der Waals surface area contributed by atoms with Gasteiger partial charge in [0.05, 0.1) is 26.7 Å². The van der Waals surface area contributed by atoms with Crippen molar-refractivity contribution in [2.45, 2.75) is 12.5 Å². The Morgan fingerprint density at radius 1 is 1.35 bits per heavy atom. The minimum absolute atomic E-state index is 0.0824. The summed E-state index contributed by atoms with van der Waals surface area (Å²) in [6.45, 7) is 1.76. The third-order valence-corrected chi connectivity index (χ3v) is 3.99. The van der Waals surface area contributed by atoms with Gasteiger partial charge in [-0.3, -0.25) is 9.78 Å². The van der Waals surface area contributed by atoms with Gasteiger partial charge in [-0.1, -0.05) is 12.1 Å². The smallest absolute Gasteiger partial charge is 0.227 e. The van der Waals surface area contributed by atoms with Crippen molar-refractivity contribution in [1.82, 2.24) is 9.88 Å².